The molecule has 0 aliphatic rings. The summed E-state index contributed by atoms with van der Waals surface area (Å²) in [6.07, 6.45) is -0.626. The number of nitriles is 1. The predicted octanol–water partition coefficient (Wildman–Crippen LogP) is 1.18. The molecule has 5 nitrogen and oxygen atoms in total. The van der Waals surface area contributed by atoms with Gasteiger partial charge in [-0.3, -0.25) is 0 Å². The van der Waals surface area contributed by atoms with Crippen LogP contribution in [0.1, 0.15) is 33.6 Å². The Labute approximate surface area is 90.0 Å². The molecule has 0 radical (unpaired) electrons. The number of hydrogen-bond acceptors (Lipinski definition) is 4. The Hall–Kier alpha value is -1.28. The number of aliphatic hydroxyl groups excluding tert-OH is 1. The average molecular weight is 214 g/mol. The van der Waals surface area contributed by atoms with Crippen LogP contribution in [-0.4, -0.2) is 29.4 Å². The van der Waals surface area contributed by atoms with Gasteiger partial charge in [-0.25, -0.2) is 4.79 Å². The van der Waals surface area contributed by atoms with Gasteiger partial charge in [0, 0.05) is 13.0 Å². The van der Waals surface area contributed by atoms with E-state index >= 15 is 0 Å². The van der Waals surface area contributed by atoms with Gasteiger partial charge in [-0.15, -0.1) is 0 Å². The zero-order valence-electron chi connectivity index (χ0n) is 9.41. The van der Waals surface area contributed by atoms with Gasteiger partial charge in [0.25, 0.3) is 0 Å². The van der Waals surface area contributed by atoms with E-state index in [2.05, 4.69) is 5.32 Å². The minimum Gasteiger partial charge on any atom is -0.444 e. The van der Waals surface area contributed by atoms with Crippen molar-refractivity contribution in [2.24, 2.45) is 0 Å². The van der Waals surface area contributed by atoms with Crippen molar-refractivity contribution in [2.75, 3.05) is 6.54 Å². The number of carbonyl (C=O) groups excluding carboxylic acids is 1. The molecule has 0 aliphatic heterocycles. The van der Waals surface area contributed by atoms with Gasteiger partial charge in [-0.2, -0.15) is 5.26 Å². The van der Waals surface area contributed by atoms with E-state index < -0.39 is 17.8 Å². The number of amides is 1. The quantitative estimate of drug-likeness (QED) is 0.736. The first kappa shape index (κ1) is 13.7. The Kier molecular flexibility index (Phi) is 5.72. The Bertz CT molecular complexity index is 240. The van der Waals surface area contributed by atoms with E-state index in [9.17, 15) is 9.90 Å². The number of rotatable bonds is 4. The highest BCUT2D eigenvalue weighted by atomic mass is 16.6. The molecule has 0 aromatic rings. The number of aliphatic hydroxyl groups is 1. The lowest BCUT2D eigenvalue weighted by Gasteiger charge is -2.20. The van der Waals surface area contributed by atoms with Crippen LogP contribution in [0.4, 0.5) is 4.79 Å². The van der Waals surface area contributed by atoms with Crippen molar-refractivity contribution >= 4 is 6.09 Å². The summed E-state index contributed by atoms with van der Waals surface area (Å²) in [5.41, 5.74) is -0.540. The van der Waals surface area contributed by atoms with Crippen molar-refractivity contribution < 1.29 is 14.6 Å². The molecular formula is C10H18N2O3. The molecule has 0 bridgehead atoms. The van der Waals surface area contributed by atoms with Crippen LogP contribution in [0.15, 0.2) is 0 Å². The lowest BCUT2D eigenvalue weighted by Crippen LogP contribution is -2.36. The molecule has 0 saturated carbocycles. The average Bonchev–Trinajstić information content (AvgIpc) is 2.08. The standard InChI is InChI=1S/C10H18N2O3/c1-10(2,3)15-9(14)12-7-8(13)5-4-6-11/h8,13H,4-5,7H2,1-3H3,(H,12,14). The van der Waals surface area contributed by atoms with Gasteiger partial charge in [0.2, 0.25) is 0 Å². The van der Waals surface area contributed by atoms with Crippen molar-refractivity contribution in [2.45, 2.75) is 45.3 Å². The summed E-state index contributed by atoms with van der Waals surface area (Å²) in [5, 5.41) is 20.0. The summed E-state index contributed by atoms with van der Waals surface area (Å²) >= 11 is 0. The predicted molar refractivity (Wildman–Crippen MR) is 55.1 cm³/mol. The first-order chi connectivity index (χ1) is 6.85. The maximum Gasteiger partial charge on any atom is 0.407 e. The van der Waals surface area contributed by atoms with Crippen LogP contribution in [0.25, 0.3) is 0 Å². The lowest BCUT2D eigenvalue weighted by molar-refractivity contribution is 0.0489. The van der Waals surface area contributed by atoms with Gasteiger partial charge in [0.05, 0.1) is 12.2 Å². The van der Waals surface area contributed by atoms with Crippen LogP contribution in [-0.2, 0) is 4.74 Å². The summed E-state index contributed by atoms with van der Waals surface area (Å²) in [7, 11) is 0. The highest BCUT2D eigenvalue weighted by Crippen LogP contribution is 2.06. The number of ether oxygens (including phenoxy) is 1. The van der Waals surface area contributed by atoms with Gasteiger partial charge >= 0.3 is 6.09 Å². The summed E-state index contributed by atoms with van der Waals surface area (Å²) in [6, 6.07) is 1.92. The molecule has 1 amide bonds. The Morgan fingerprint density at radius 1 is 1.60 bits per heavy atom. The van der Waals surface area contributed by atoms with Gasteiger partial charge < -0.3 is 15.2 Å². The second-order valence-electron chi connectivity index (χ2n) is 4.23. The maximum absolute atomic E-state index is 11.1. The molecule has 0 aliphatic carbocycles. The second kappa shape index (κ2) is 6.25. The van der Waals surface area contributed by atoms with Crippen LogP contribution in [0, 0.1) is 11.3 Å². The minimum atomic E-state index is -0.697. The van der Waals surface area contributed by atoms with E-state index in [1.165, 1.54) is 0 Å². The molecule has 1 atom stereocenters. The fourth-order valence-electron chi connectivity index (χ4n) is 0.849. The third kappa shape index (κ3) is 9.03. The summed E-state index contributed by atoms with van der Waals surface area (Å²) in [6.45, 7) is 5.40. The number of nitrogens with one attached hydrogen (secondary N) is 1. The van der Waals surface area contributed by atoms with Crippen molar-refractivity contribution in [1.29, 1.82) is 5.26 Å². The lowest BCUT2D eigenvalue weighted by atomic mass is 10.2. The third-order valence-corrected chi connectivity index (χ3v) is 1.47. The number of nitrogens with zero attached hydrogens (tertiary/aromatic N) is 1. The maximum atomic E-state index is 11.1. The molecule has 0 aromatic heterocycles. The summed E-state index contributed by atoms with van der Waals surface area (Å²) in [4.78, 5) is 11.1. The molecular weight excluding hydrogens is 196 g/mol. The smallest absolute Gasteiger partial charge is 0.407 e. The van der Waals surface area contributed by atoms with E-state index in [4.69, 9.17) is 10.00 Å². The van der Waals surface area contributed by atoms with Crippen LogP contribution in [0.2, 0.25) is 0 Å². The monoisotopic (exact) mass is 214 g/mol. The number of hydrogen-bond donors (Lipinski definition) is 2. The van der Waals surface area contributed by atoms with Crippen LogP contribution in [0.5, 0.6) is 0 Å². The van der Waals surface area contributed by atoms with Crippen molar-refractivity contribution in [3.05, 3.63) is 0 Å². The zero-order valence-corrected chi connectivity index (χ0v) is 9.41. The number of alkyl carbamates (subject to hydrolysis) is 1. The molecule has 2 N–H and O–H groups in total. The Balaban J connectivity index is 3.68. The molecule has 0 aromatic carbocycles. The normalized spacial score (nSPS) is 12.7. The van der Waals surface area contributed by atoms with Crippen molar-refractivity contribution in [3.8, 4) is 6.07 Å². The van der Waals surface area contributed by atoms with E-state index in [1.807, 2.05) is 6.07 Å². The fraction of sp³-hybridized carbons (Fsp3) is 0.800. The Morgan fingerprint density at radius 2 is 2.20 bits per heavy atom. The molecule has 0 rings (SSSR count). The van der Waals surface area contributed by atoms with E-state index in [1.54, 1.807) is 20.8 Å². The first-order valence-electron chi connectivity index (χ1n) is 4.87. The highest BCUT2D eigenvalue weighted by Gasteiger charge is 2.16. The van der Waals surface area contributed by atoms with Crippen molar-refractivity contribution in [3.63, 3.8) is 0 Å². The summed E-state index contributed by atoms with van der Waals surface area (Å²) in [5.74, 6) is 0. The van der Waals surface area contributed by atoms with Crippen LogP contribution >= 0.6 is 0 Å². The topological polar surface area (TPSA) is 82.3 Å². The molecule has 15 heavy (non-hydrogen) atoms. The van der Waals surface area contributed by atoms with Crippen molar-refractivity contribution in [1.82, 2.24) is 5.32 Å². The molecule has 5 heteroatoms. The molecule has 86 valence electrons. The number of carbonyl (C=O) groups is 1. The van der Waals surface area contributed by atoms with Crippen LogP contribution < -0.4 is 5.32 Å². The third-order valence-electron chi connectivity index (χ3n) is 1.47. The molecule has 0 spiro atoms. The molecule has 0 heterocycles. The van der Waals surface area contributed by atoms with Gasteiger partial charge in [-0.1, -0.05) is 0 Å². The molecule has 1 unspecified atom stereocenters. The highest BCUT2D eigenvalue weighted by molar-refractivity contribution is 5.67. The van der Waals surface area contributed by atoms with E-state index in [-0.39, 0.29) is 13.0 Å². The molecule has 0 fully saturated rings. The van der Waals surface area contributed by atoms with E-state index in [0.29, 0.717) is 6.42 Å². The Morgan fingerprint density at radius 3 is 2.67 bits per heavy atom. The first-order valence-corrected chi connectivity index (χ1v) is 4.87. The van der Waals surface area contributed by atoms with Gasteiger partial charge in [0.15, 0.2) is 0 Å². The molecule has 0 saturated heterocycles. The van der Waals surface area contributed by atoms with E-state index in [0.717, 1.165) is 0 Å². The zero-order chi connectivity index (χ0) is 11.9. The fourth-order valence-corrected chi connectivity index (χ4v) is 0.849. The van der Waals surface area contributed by atoms with Gasteiger partial charge in [-0.05, 0) is 27.2 Å². The van der Waals surface area contributed by atoms with Gasteiger partial charge in [0.1, 0.15) is 5.60 Å². The minimum absolute atomic E-state index is 0.108. The second-order valence-corrected chi connectivity index (χ2v) is 4.23. The largest absolute Gasteiger partial charge is 0.444 e. The SMILES string of the molecule is CC(C)(C)OC(=O)NCC(O)CCC#N. The van der Waals surface area contributed by atoms with Crippen LogP contribution in [0.3, 0.4) is 0 Å². The summed E-state index contributed by atoms with van der Waals surface area (Å²) < 4.78 is 4.97.